The first kappa shape index (κ1) is 24.0. The Labute approximate surface area is 186 Å². The fourth-order valence-electron chi connectivity index (χ4n) is 2.80. The van der Waals surface area contributed by atoms with E-state index < -0.39 is 5.97 Å². The van der Waals surface area contributed by atoms with E-state index in [1.165, 1.54) is 11.8 Å². The Morgan fingerprint density at radius 3 is 2.65 bits per heavy atom. The molecule has 0 saturated heterocycles. The first-order valence-corrected chi connectivity index (χ1v) is 10.9. The van der Waals surface area contributed by atoms with E-state index in [1.807, 2.05) is 19.9 Å². The second-order valence-electron chi connectivity index (χ2n) is 6.86. The molecule has 31 heavy (non-hydrogen) atoms. The summed E-state index contributed by atoms with van der Waals surface area (Å²) in [6.07, 6.45) is 1.80. The van der Waals surface area contributed by atoms with E-state index >= 15 is 0 Å². The van der Waals surface area contributed by atoms with Crippen molar-refractivity contribution >= 4 is 35.2 Å². The van der Waals surface area contributed by atoms with Gasteiger partial charge in [0.05, 0.1) is 22.9 Å². The zero-order valence-electron chi connectivity index (χ0n) is 17.5. The number of carbonyl (C=O) groups is 3. The highest BCUT2D eigenvalue weighted by Crippen LogP contribution is 2.23. The number of esters is 1. The smallest absolute Gasteiger partial charge is 0.339 e. The lowest BCUT2D eigenvalue weighted by Gasteiger charge is -2.13. The highest BCUT2D eigenvalue weighted by Gasteiger charge is 2.16. The summed E-state index contributed by atoms with van der Waals surface area (Å²) in [5.41, 5.74) is 1.27. The quantitative estimate of drug-likeness (QED) is 0.431. The molecule has 7 nitrogen and oxygen atoms in total. The SMILES string of the molecule is CCCC(C)NC(=O)COC(=O)c1ccccc1SCC(=O)Nc1cccc(C#N)c1. The summed E-state index contributed by atoms with van der Waals surface area (Å²) < 4.78 is 5.14. The van der Waals surface area contributed by atoms with E-state index in [9.17, 15) is 14.4 Å². The van der Waals surface area contributed by atoms with Gasteiger partial charge in [-0.2, -0.15) is 5.26 Å². The highest BCUT2D eigenvalue weighted by atomic mass is 32.2. The average Bonchev–Trinajstić information content (AvgIpc) is 2.76. The van der Waals surface area contributed by atoms with Gasteiger partial charge in [0.2, 0.25) is 5.91 Å². The molecule has 8 heteroatoms. The van der Waals surface area contributed by atoms with Crippen LogP contribution in [0.1, 0.15) is 42.6 Å². The number of nitrogens with one attached hydrogen (secondary N) is 2. The minimum atomic E-state index is -0.622. The van der Waals surface area contributed by atoms with Crippen molar-refractivity contribution in [3.63, 3.8) is 0 Å². The normalized spacial score (nSPS) is 11.1. The number of amides is 2. The first-order chi connectivity index (χ1) is 14.9. The summed E-state index contributed by atoms with van der Waals surface area (Å²) in [4.78, 5) is 37.2. The van der Waals surface area contributed by atoms with Gasteiger partial charge in [0.15, 0.2) is 6.61 Å². The van der Waals surface area contributed by atoms with Crippen LogP contribution in [0.4, 0.5) is 5.69 Å². The monoisotopic (exact) mass is 439 g/mol. The lowest BCUT2D eigenvalue weighted by Crippen LogP contribution is -2.35. The molecule has 0 aliphatic heterocycles. The van der Waals surface area contributed by atoms with Gasteiger partial charge in [-0.05, 0) is 43.7 Å². The minimum absolute atomic E-state index is 0.0198. The number of anilines is 1. The van der Waals surface area contributed by atoms with Gasteiger partial charge in [-0.25, -0.2) is 4.79 Å². The second kappa shape index (κ2) is 12.4. The van der Waals surface area contributed by atoms with Gasteiger partial charge in [0.1, 0.15) is 0 Å². The highest BCUT2D eigenvalue weighted by molar-refractivity contribution is 8.00. The molecule has 2 aromatic rings. The molecule has 0 spiro atoms. The Kier molecular flexibility index (Phi) is 9.59. The van der Waals surface area contributed by atoms with Gasteiger partial charge in [0.25, 0.3) is 5.91 Å². The van der Waals surface area contributed by atoms with E-state index in [1.54, 1.807) is 48.5 Å². The number of hydrogen-bond donors (Lipinski definition) is 2. The molecule has 0 bridgehead atoms. The molecule has 0 fully saturated rings. The topological polar surface area (TPSA) is 108 Å². The van der Waals surface area contributed by atoms with Crippen LogP contribution in [0.3, 0.4) is 0 Å². The Morgan fingerprint density at radius 2 is 1.90 bits per heavy atom. The molecule has 162 valence electrons. The van der Waals surface area contributed by atoms with Gasteiger partial charge >= 0.3 is 5.97 Å². The fourth-order valence-corrected chi connectivity index (χ4v) is 3.64. The maximum Gasteiger partial charge on any atom is 0.339 e. The zero-order valence-corrected chi connectivity index (χ0v) is 18.3. The third-order valence-electron chi connectivity index (χ3n) is 4.20. The summed E-state index contributed by atoms with van der Waals surface area (Å²) in [6.45, 7) is 3.57. The van der Waals surface area contributed by atoms with E-state index in [0.717, 1.165) is 12.8 Å². The molecule has 0 saturated carbocycles. The molecule has 0 heterocycles. The molecule has 0 aliphatic rings. The molecule has 2 amide bonds. The Morgan fingerprint density at radius 1 is 1.13 bits per heavy atom. The van der Waals surface area contributed by atoms with E-state index in [-0.39, 0.29) is 30.2 Å². The molecular formula is C23H25N3O4S. The second-order valence-corrected chi connectivity index (χ2v) is 7.88. The summed E-state index contributed by atoms with van der Waals surface area (Å²) in [5, 5.41) is 14.4. The van der Waals surface area contributed by atoms with Crippen LogP contribution in [-0.4, -0.2) is 36.2 Å². The molecular weight excluding hydrogens is 414 g/mol. The third-order valence-corrected chi connectivity index (χ3v) is 5.28. The minimum Gasteiger partial charge on any atom is -0.452 e. The lowest BCUT2D eigenvalue weighted by atomic mass is 10.2. The molecule has 0 aliphatic carbocycles. The standard InChI is InChI=1S/C23H25N3O4S/c1-3-7-16(2)25-21(27)14-30-23(29)19-10-4-5-11-20(19)31-15-22(28)26-18-9-6-8-17(12-18)13-24/h4-6,8-12,16H,3,7,14-15H2,1-2H3,(H,25,27)(H,26,28). The number of carbonyl (C=O) groups excluding carboxylic acids is 3. The van der Waals surface area contributed by atoms with Crippen LogP contribution in [0.25, 0.3) is 0 Å². The number of ether oxygens (including phenoxy) is 1. The van der Waals surface area contributed by atoms with Crippen molar-refractivity contribution in [2.24, 2.45) is 0 Å². The van der Waals surface area contributed by atoms with Crippen molar-refractivity contribution in [2.75, 3.05) is 17.7 Å². The van der Waals surface area contributed by atoms with Crippen LogP contribution in [0.2, 0.25) is 0 Å². The molecule has 2 N–H and O–H groups in total. The Bertz CT molecular complexity index is 971. The number of thioether (sulfide) groups is 1. The van der Waals surface area contributed by atoms with Gasteiger partial charge in [-0.3, -0.25) is 9.59 Å². The van der Waals surface area contributed by atoms with E-state index in [0.29, 0.717) is 21.7 Å². The molecule has 0 aromatic heterocycles. The predicted octanol–water partition coefficient (Wildman–Crippen LogP) is 3.75. The van der Waals surface area contributed by atoms with Gasteiger partial charge in [-0.15, -0.1) is 11.8 Å². The van der Waals surface area contributed by atoms with Gasteiger partial charge < -0.3 is 15.4 Å². The van der Waals surface area contributed by atoms with Crippen molar-refractivity contribution < 1.29 is 19.1 Å². The van der Waals surface area contributed by atoms with E-state index in [4.69, 9.17) is 10.00 Å². The van der Waals surface area contributed by atoms with Crippen LogP contribution < -0.4 is 10.6 Å². The van der Waals surface area contributed by atoms with Crippen LogP contribution in [0.5, 0.6) is 0 Å². The summed E-state index contributed by atoms with van der Waals surface area (Å²) in [7, 11) is 0. The third kappa shape index (κ3) is 8.15. The molecule has 1 unspecified atom stereocenters. The zero-order chi connectivity index (χ0) is 22.6. The van der Waals surface area contributed by atoms with Gasteiger partial charge in [0, 0.05) is 16.6 Å². The number of benzene rings is 2. The number of nitrogens with zero attached hydrogens (tertiary/aromatic N) is 1. The average molecular weight is 440 g/mol. The van der Waals surface area contributed by atoms with Crippen LogP contribution in [0, 0.1) is 11.3 Å². The summed E-state index contributed by atoms with van der Waals surface area (Å²) >= 11 is 1.19. The van der Waals surface area contributed by atoms with Crippen molar-refractivity contribution in [1.29, 1.82) is 5.26 Å². The van der Waals surface area contributed by atoms with Crippen molar-refractivity contribution in [1.82, 2.24) is 5.32 Å². The number of rotatable bonds is 10. The maximum absolute atomic E-state index is 12.4. The maximum atomic E-state index is 12.4. The Hall–Kier alpha value is -3.31. The van der Waals surface area contributed by atoms with Crippen molar-refractivity contribution in [3.8, 4) is 6.07 Å². The summed E-state index contributed by atoms with van der Waals surface area (Å²) in [5.74, 6) is -1.18. The number of nitriles is 1. The molecule has 2 aromatic carbocycles. The number of hydrogen-bond acceptors (Lipinski definition) is 6. The largest absolute Gasteiger partial charge is 0.452 e. The van der Waals surface area contributed by atoms with Crippen LogP contribution >= 0.6 is 11.8 Å². The van der Waals surface area contributed by atoms with Crippen LogP contribution in [-0.2, 0) is 14.3 Å². The van der Waals surface area contributed by atoms with Crippen molar-refractivity contribution in [2.45, 2.75) is 37.6 Å². The molecule has 2 rings (SSSR count). The lowest BCUT2D eigenvalue weighted by molar-refractivity contribution is -0.124. The molecule has 1 atom stereocenters. The van der Waals surface area contributed by atoms with Crippen LogP contribution in [0.15, 0.2) is 53.4 Å². The fraction of sp³-hybridized carbons (Fsp3) is 0.304. The predicted molar refractivity (Wildman–Crippen MR) is 120 cm³/mol. The van der Waals surface area contributed by atoms with Crippen molar-refractivity contribution in [3.05, 3.63) is 59.7 Å². The molecule has 0 radical (unpaired) electrons. The van der Waals surface area contributed by atoms with E-state index in [2.05, 4.69) is 10.6 Å². The van der Waals surface area contributed by atoms with Gasteiger partial charge in [-0.1, -0.05) is 31.5 Å². The first-order valence-electron chi connectivity index (χ1n) is 9.91. The summed E-state index contributed by atoms with van der Waals surface area (Å²) in [6, 6.07) is 15.4. The Balaban J connectivity index is 1.90.